The van der Waals surface area contributed by atoms with Crippen molar-refractivity contribution in [1.29, 1.82) is 0 Å². The Morgan fingerprint density at radius 3 is 0.515 bits per heavy atom. The van der Waals surface area contributed by atoms with Gasteiger partial charge in [-0.3, -0.25) is 18.5 Å². The fraction of sp³-hybridized carbons (Fsp3) is 0.571. The van der Waals surface area contributed by atoms with Crippen molar-refractivity contribution in [3.8, 4) is 34.5 Å². The SMILES string of the molecule is CC(C)c1cccc(C(C)(C)C)c1OP(OCCN(CCOP(Oc1c(C(C)C)cccc1C(C)(C)C)Oc1c(C(C)C)cccc1C(C)(C)C)CCOP(Oc1c(C(C)C)cccc1C(C)(C)C)Oc1c(C(C)C)cccc1C(C)(C)C)Oc1c(C(C)C)cccc1C(C)(C)C. The Bertz CT molecular complexity index is 2920. The summed E-state index contributed by atoms with van der Waals surface area (Å²) in [7, 11) is -6.19. The second-order valence-corrected chi connectivity index (χ2v) is 37.5. The molecule has 0 fully saturated rings. The zero-order chi connectivity index (χ0) is 72.5. The number of hydrogen-bond acceptors (Lipinski definition) is 10. The van der Waals surface area contributed by atoms with E-state index in [0.29, 0.717) is 19.6 Å². The van der Waals surface area contributed by atoms with E-state index in [2.05, 4.69) is 322 Å². The lowest BCUT2D eigenvalue weighted by molar-refractivity contribution is 0.141. The van der Waals surface area contributed by atoms with Crippen LogP contribution in [0, 0.1) is 0 Å². The van der Waals surface area contributed by atoms with Gasteiger partial charge < -0.3 is 27.1 Å². The first-order valence-electron chi connectivity index (χ1n) is 35.8. The van der Waals surface area contributed by atoms with Gasteiger partial charge in [-0.2, -0.15) is 0 Å². The van der Waals surface area contributed by atoms with Gasteiger partial charge >= 0.3 is 25.8 Å². The Balaban J connectivity index is 1.50. The van der Waals surface area contributed by atoms with Gasteiger partial charge in [0.25, 0.3) is 0 Å². The first-order valence-corrected chi connectivity index (χ1v) is 39.1. The van der Waals surface area contributed by atoms with E-state index in [0.717, 1.165) is 101 Å². The molecule has 0 aliphatic carbocycles. The van der Waals surface area contributed by atoms with Gasteiger partial charge in [0.2, 0.25) is 0 Å². The molecule has 0 aliphatic heterocycles. The summed E-state index contributed by atoms with van der Waals surface area (Å²) in [6, 6.07) is 38.9. The van der Waals surface area contributed by atoms with E-state index in [-0.39, 0.29) is 87.8 Å². The van der Waals surface area contributed by atoms with Gasteiger partial charge in [0.05, 0.1) is 19.8 Å². The zero-order valence-electron chi connectivity index (χ0n) is 65.6. The topological polar surface area (TPSA) is 86.3 Å². The molecule has 6 rings (SSSR count). The van der Waals surface area contributed by atoms with Gasteiger partial charge in [-0.15, -0.1) is 0 Å². The van der Waals surface area contributed by atoms with Crippen LogP contribution in [0.5, 0.6) is 34.5 Å². The second kappa shape index (κ2) is 33.8. The maximum atomic E-state index is 7.34. The first-order chi connectivity index (χ1) is 44.9. The molecule has 0 spiro atoms. The minimum absolute atomic E-state index is 0.172. The normalized spacial score (nSPS) is 13.1. The van der Waals surface area contributed by atoms with E-state index in [1.807, 2.05) is 0 Å². The van der Waals surface area contributed by atoms with Gasteiger partial charge in [0.15, 0.2) is 0 Å². The summed E-state index contributed by atoms with van der Waals surface area (Å²) in [5, 5.41) is 0. The van der Waals surface area contributed by atoms with Crippen LogP contribution in [0.1, 0.15) is 310 Å². The Labute approximate surface area is 593 Å². The molecule has 0 heterocycles. The van der Waals surface area contributed by atoms with Crippen LogP contribution in [0.2, 0.25) is 0 Å². The molecule has 0 N–H and O–H groups in total. The molecule has 0 saturated heterocycles. The maximum Gasteiger partial charge on any atom is 0.463 e. The molecule has 13 heteroatoms. The van der Waals surface area contributed by atoms with Crippen molar-refractivity contribution in [3.05, 3.63) is 176 Å². The van der Waals surface area contributed by atoms with Crippen LogP contribution in [-0.4, -0.2) is 44.4 Å². The van der Waals surface area contributed by atoms with Gasteiger partial charge in [0.1, 0.15) is 34.5 Å². The third kappa shape index (κ3) is 22.1. The van der Waals surface area contributed by atoms with Gasteiger partial charge in [-0.1, -0.05) is 317 Å². The number of benzene rings is 6. The van der Waals surface area contributed by atoms with E-state index in [1.165, 1.54) is 0 Å². The van der Waals surface area contributed by atoms with Gasteiger partial charge in [-0.05, 0) is 101 Å². The second-order valence-electron chi connectivity index (χ2n) is 34.3. The highest BCUT2D eigenvalue weighted by molar-refractivity contribution is 7.43. The van der Waals surface area contributed by atoms with Crippen LogP contribution in [0.15, 0.2) is 109 Å². The van der Waals surface area contributed by atoms with Gasteiger partial charge in [0, 0.05) is 53.0 Å². The van der Waals surface area contributed by atoms with Crippen LogP contribution in [0.25, 0.3) is 0 Å². The number of hydrogen-bond donors (Lipinski definition) is 0. The summed E-state index contributed by atoms with van der Waals surface area (Å²) in [6.45, 7) is 69.0. The molecular formula is C84H126NO9P3. The average Bonchev–Trinajstić information content (AvgIpc) is 0.806. The lowest BCUT2D eigenvalue weighted by atomic mass is 9.84. The molecular weight excluding hydrogens is 1260 g/mol. The maximum absolute atomic E-state index is 7.34. The highest BCUT2D eigenvalue weighted by Crippen LogP contribution is 2.55. The van der Waals surface area contributed by atoms with E-state index < -0.39 is 25.8 Å². The van der Waals surface area contributed by atoms with Crippen LogP contribution < -0.4 is 27.1 Å². The van der Waals surface area contributed by atoms with Crippen LogP contribution in [0.3, 0.4) is 0 Å². The minimum Gasteiger partial charge on any atom is -0.417 e. The molecule has 0 amide bonds. The zero-order valence-corrected chi connectivity index (χ0v) is 68.2. The summed E-state index contributed by atoms with van der Waals surface area (Å²) >= 11 is 0. The lowest BCUT2D eigenvalue weighted by Gasteiger charge is -2.31. The standard InChI is InChI=1S/C84H126NO9P3/c1-55(2)61-37-31-43-67(79(13,14)15)73(61)89-95(90-74-62(56(3)4)38-32-44-68(74)80(16,17)18)86-52-49-85(50-53-87-96(91-75-63(57(5)6)39-33-45-69(75)81(19,20)21)92-76-64(58(7)8)40-34-46-70(76)82(22,23)24)51-54-88-97(93-77-65(59(9)10)41-35-47-71(77)83(25,26)27)94-78-66(60(11)12)42-36-48-72(78)84(28,29)30/h31-48,55-60H,49-54H2,1-30H3. The molecule has 6 aromatic carbocycles. The van der Waals surface area contributed by atoms with Crippen molar-refractivity contribution in [2.75, 3.05) is 39.5 Å². The van der Waals surface area contributed by atoms with Crippen molar-refractivity contribution < 1.29 is 40.7 Å². The molecule has 0 saturated carbocycles. The third-order valence-corrected chi connectivity index (χ3v) is 20.8. The Kier molecular flexibility index (Phi) is 28.3. The molecule has 97 heavy (non-hydrogen) atoms. The molecule has 0 bridgehead atoms. The molecule has 0 radical (unpaired) electrons. The third-order valence-electron chi connectivity index (χ3n) is 17.7. The molecule has 536 valence electrons. The molecule has 0 aromatic heterocycles. The van der Waals surface area contributed by atoms with Crippen molar-refractivity contribution in [3.63, 3.8) is 0 Å². The number of para-hydroxylation sites is 6. The fourth-order valence-electron chi connectivity index (χ4n) is 11.9. The highest BCUT2D eigenvalue weighted by atomic mass is 31.2. The predicted octanol–water partition coefficient (Wildman–Crippen LogP) is 26.0. The largest absolute Gasteiger partial charge is 0.463 e. The van der Waals surface area contributed by atoms with E-state index in [9.17, 15) is 0 Å². The van der Waals surface area contributed by atoms with Crippen molar-refractivity contribution >= 4 is 25.8 Å². The minimum atomic E-state index is -2.06. The smallest absolute Gasteiger partial charge is 0.417 e. The summed E-state index contributed by atoms with van der Waals surface area (Å²) in [6.07, 6.45) is 0. The van der Waals surface area contributed by atoms with Crippen molar-refractivity contribution in [1.82, 2.24) is 4.90 Å². The van der Waals surface area contributed by atoms with E-state index in [4.69, 9.17) is 40.7 Å². The summed E-state index contributed by atoms with van der Waals surface area (Å²) in [5.74, 6) is 5.86. The number of nitrogens with zero attached hydrogens (tertiary/aromatic N) is 1. The Hall–Kier alpha value is -4.75. The number of rotatable bonds is 30. The quantitative estimate of drug-likeness (QED) is 0.0407. The molecule has 6 aromatic rings. The molecule has 10 nitrogen and oxygen atoms in total. The molecule has 0 unspecified atom stereocenters. The fourth-order valence-corrected chi connectivity index (χ4v) is 15.2. The molecule has 0 atom stereocenters. The van der Waals surface area contributed by atoms with Crippen molar-refractivity contribution in [2.45, 2.75) is 276 Å². The monoisotopic (exact) mass is 1390 g/mol. The summed E-state index contributed by atoms with van der Waals surface area (Å²) < 4.78 is 65.6. The summed E-state index contributed by atoms with van der Waals surface area (Å²) in [5.41, 5.74) is 11.7. The Morgan fingerprint density at radius 1 is 0.247 bits per heavy atom. The highest BCUT2D eigenvalue weighted by Gasteiger charge is 2.36. The van der Waals surface area contributed by atoms with Gasteiger partial charge in [-0.25, -0.2) is 0 Å². The van der Waals surface area contributed by atoms with Crippen LogP contribution in [-0.2, 0) is 46.1 Å². The average molecular weight is 1390 g/mol. The molecule has 0 aliphatic rings. The van der Waals surface area contributed by atoms with E-state index >= 15 is 0 Å². The van der Waals surface area contributed by atoms with Crippen LogP contribution in [0.4, 0.5) is 0 Å². The van der Waals surface area contributed by atoms with E-state index in [1.54, 1.807) is 0 Å². The predicted molar refractivity (Wildman–Crippen MR) is 414 cm³/mol. The van der Waals surface area contributed by atoms with Crippen molar-refractivity contribution in [2.24, 2.45) is 0 Å². The lowest BCUT2D eigenvalue weighted by Crippen LogP contribution is -2.34. The Morgan fingerprint density at radius 2 is 0.392 bits per heavy atom. The first kappa shape index (κ1) is 81.2. The van der Waals surface area contributed by atoms with Crippen LogP contribution >= 0.6 is 25.8 Å². The summed E-state index contributed by atoms with van der Waals surface area (Å²) in [4.78, 5) is 2.33.